The summed E-state index contributed by atoms with van der Waals surface area (Å²) in [6.45, 7) is 0.487. The minimum atomic E-state index is -0.297. The molecule has 0 unspecified atom stereocenters. The first-order valence-electron chi connectivity index (χ1n) is 13.2. The number of ketones is 1. The number of halogens is 1. The van der Waals surface area contributed by atoms with Crippen LogP contribution in [0.2, 0.25) is 0 Å². The van der Waals surface area contributed by atoms with E-state index in [4.69, 9.17) is 4.74 Å². The van der Waals surface area contributed by atoms with Crippen molar-refractivity contribution in [1.29, 1.82) is 0 Å². The van der Waals surface area contributed by atoms with Gasteiger partial charge in [0.2, 0.25) is 0 Å². The molecule has 1 aliphatic carbocycles. The van der Waals surface area contributed by atoms with Crippen molar-refractivity contribution in [2.45, 2.75) is 31.4 Å². The molecule has 0 saturated heterocycles. The summed E-state index contributed by atoms with van der Waals surface area (Å²) in [5.74, 6) is 0.978. The Bertz CT molecular complexity index is 1550. The van der Waals surface area contributed by atoms with Gasteiger partial charge in [0.15, 0.2) is 5.78 Å². The van der Waals surface area contributed by atoms with Crippen LogP contribution < -0.4 is 15.4 Å². The number of fused-ring (bicyclic) bond motifs is 1. The number of allylic oxidation sites excluding steroid dienone is 1. The van der Waals surface area contributed by atoms with E-state index in [1.54, 1.807) is 0 Å². The van der Waals surface area contributed by atoms with Crippen LogP contribution in [0.4, 0.5) is 11.4 Å². The summed E-state index contributed by atoms with van der Waals surface area (Å²) in [5.41, 5.74) is 6.92. The zero-order chi connectivity index (χ0) is 26.6. The molecule has 6 rings (SSSR count). The van der Waals surface area contributed by atoms with Crippen molar-refractivity contribution in [2.24, 2.45) is 0 Å². The molecule has 2 atom stereocenters. The van der Waals surface area contributed by atoms with Gasteiger partial charge in [-0.3, -0.25) is 4.79 Å². The second-order valence-electron chi connectivity index (χ2n) is 9.92. The molecular formula is C34H29BrN2O2. The molecule has 0 spiro atoms. The van der Waals surface area contributed by atoms with Crippen LogP contribution in [0.1, 0.15) is 35.4 Å². The smallest absolute Gasteiger partial charge is 0.163 e. The number of rotatable bonds is 6. The van der Waals surface area contributed by atoms with Gasteiger partial charge in [0.1, 0.15) is 12.4 Å². The normalized spacial score (nSPS) is 18.8. The van der Waals surface area contributed by atoms with Gasteiger partial charge in [-0.25, -0.2) is 0 Å². The van der Waals surface area contributed by atoms with Crippen molar-refractivity contribution >= 4 is 39.2 Å². The summed E-state index contributed by atoms with van der Waals surface area (Å²) in [5, 5.41) is 7.26. The molecule has 4 nitrogen and oxygen atoms in total. The number of hydrogen-bond acceptors (Lipinski definition) is 4. The van der Waals surface area contributed by atoms with Crippen LogP contribution in [-0.4, -0.2) is 11.8 Å². The van der Waals surface area contributed by atoms with Gasteiger partial charge in [-0.1, -0.05) is 107 Å². The Kier molecular flexibility index (Phi) is 7.33. The minimum Gasteiger partial charge on any atom is -0.489 e. The number of nitrogens with one attached hydrogen (secondary N) is 2. The first kappa shape index (κ1) is 25.2. The van der Waals surface area contributed by atoms with Gasteiger partial charge >= 0.3 is 0 Å². The summed E-state index contributed by atoms with van der Waals surface area (Å²) in [6.07, 6.45) is 3.22. The van der Waals surface area contributed by atoms with Gasteiger partial charge in [0.05, 0.1) is 17.4 Å². The number of carbonyl (C=O) groups is 1. The zero-order valence-corrected chi connectivity index (χ0v) is 23.0. The van der Waals surface area contributed by atoms with Gasteiger partial charge in [-0.05, 0) is 47.4 Å². The molecule has 0 radical (unpaired) electrons. The lowest BCUT2D eigenvalue weighted by atomic mass is 9.79. The third kappa shape index (κ3) is 5.55. The van der Waals surface area contributed by atoms with Crippen molar-refractivity contribution in [1.82, 2.24) is 0 Å². The van der Waals surface area contributed by atoms with Gasteiger partial charge in [0, 0.05) is 28.1 Å². The number of carbonyl (C=O) groups excluding carboxylic acids is 1. The Morgan fingerprint density at radius 1 is 0.821 bits per heavy atom. The first-order valence-corrected chi connectivity index (χ1v) is 14.0. The number of Topliss-reactive ketones (excluding diaryl/α,β-unsaturated/α-hetero) is 1. The van der Waals surface area contributed by atoms with Crippen molar-refractivity contribution in [3.63, 3.8) is 0 Å². The minimum absolute atomic E-state index is 0.0125. The lowest BCUT2D eigenvalue weighted by Gasteiger charge is -2.30. The Balaban J connectivity index is 1.35. The van der Waals surface area contributed by atoms with Gasteiger partial charge in [-0.15, -0.1) is 0 Å². The second kappa shape index (κ2) is 11.3. The lowest BCUT2D eigenvalue weighted by molar-refractivity contribution is -0.116. The van der Waals surface area contributed by atoms with Gasteiger partial charge in [0.25, 0.3) is 0 Å². The van der Waals surface area contributed by atoms with Crippen LogP contribution >= 0.6 is 15.9 Å². The summed E-state index contributed by atoms with van der Waals surface area (Å²) < 4.78 is 7.19. The number of hydrogen-bond donors (Lipinski definition) is 2. The number of anilines is 2. The van der Waals surface area contributed by atoms with Crippen LogP contribution in [0.25, 0.3) is 6.08 Å². The lowest BCUT2D eigenvalue weighted by Crippen LogP contribution is -2.32. The summed E-state index contributed by atoms with van der Waals surface area (Å²) >= 11 is 3.83. The monoisotopic (exact) mass is 576 g/mol. The average molecular weight is 578 g/mol. The molecule has 0 bridgehead atoms. The van der Waals surface area contributed by atoms with E-state index < -0.39 is 0 Å². The second-order valence-corrected chi connectivity index (χ2v) is 10.8. The molecule has 194 valence electrons. The molecule has 1 heterocycles. The predicted molar refractivity (Wildman–Crippen MR) is 162 cm³/mol. The highest BCUT2D eigenvalue weighted by Crippen LogP contribution is 2.44. The van der Waals surface area contributed by atoms with E-state index in [1.807, 2.05) is 72.8 Å². The highest BCUT2D eigenvalue weighted by Gasteiger charge is 2.37. The molecule has 0 saturated carbocycles. The standard InChI is InChI=1S/C34H29BrN2O2/c35-27(19-23-11-3-1-4-12-23)34-33-30(36-28-16-8-9-17-29(28)37-34)20-25(21-31(33)38)26-15-7-10-18-32(26)39-22-24-13-5-2-6-14-24/h1-19,25,34,36-37H,20-22H2/b27-19-/t25-,34+/m1/s1. The van der Waals surface area contributed by atoms with E-state index >= 15 is 0 Å². The summed E-state index contributed by atoms with van der Waals surface area (Å²) in [7, 11) is 0. The molecular weight excluding hydrogens is 548 g/mol. The first-order chi connectivity index (χ1) is 19.2. The largest absolute Gasteiger partial charge is 0.489 e. The molecule has 0 aromatic heterocycles. The Morgan fingerprint density at radius 3 is 2.28 bits per heavy atom. The number of para-hydroxylation sites is 3. The van der Waals surface area contributed by atoms with E-state index in [0.717, 1.165) is 49.6 Å². The number of benzene rings is 4. The van der Waals surface area contributed by atoms with Crippen LogP contribution in [0.5, 0.6) is 5.75 Å². The average Bonchev–Trinajstić information content (AvgIpc) is 3.14. The maximum Gasteiger partial charge on any atom is 0.163 e. The van der Waals surface area contributed by atoms with Crippen molar-refractivity contribution in [2.75, 3.05) is 10.6 Å². The van der Waals surface area contributed by atoms with E-state index in [-0.39, 0.29) is 17.7 Å². The van der Waals surface area contributed by atoms with Crippen molar-refractivity contribution in [3.05, 3.63) is 142 Å². The third-order valence-electron chi connectivity index (χ3n) is 7.28. The molecule has 4 aromatic rings. The van der Waals surface area contributed by atoms with Gasteiger partial charge in [-0.2, -0.15) is 0 Å². The molecule has 4 aromatic carbocycles. The molecule has 0 amide bonds. The Labute approximate surface area is 237 Å². The molecule has 5 heteroatoms. The Morgan fingerprint density at radius 2 is 1.49 bits per heavy atom. The van der Waals surface area contributed by atoms with Crippen LogP contribution in [-0.2, 0) is 11.4 Å². The maximum absolute atomic E-state index is 13.9. The molecule has 2 aliphatic rings. The highest BCUT2D eigenvalue weighted by molar-refractivity contribution is 9.11. The fourth-order valence-corrected chi connectivity index (χ4v) is 6.00. The molecule has 39 heavy (non-hydrogen) atoms. The predicted octanol–water partition coefficient (Wildman–Crippen LogP) is 8.31. The Hall–Kier alpha value is -4.09. The van der Waals surface area contributed by atoms with Gasteiger partial charge < -0.3 is 15.4 Å². The maximum atomic E-state index is 13.9. The molecule has 1 aliphatic heterocycles. The van der Waals surface area contributed by atoms with Crippen LogP contribution in [0, 0.1) is 0 Å². The fraction of sp³-hybridized carbons (Fsp3) is 0.147. The zero-order valence-electron chi connectivity index (χ0n) is 21.4. The van der Waals surface area contributed by atoms with E-state index in [1.165, 1.54) is 0 Å². The molecule has 2 N–H and O–H groups in total. The van der Waals surface area contributed by atoms with Crippen LogP contribution in [0.15, 0.2) is 125 Å². The number of ether oxygens (including phenoxy) is 1. The van der Waals surface area contributed by atoms with E-state index in [9.17, 15) is 4.79 Å². The molecule has 0 fully saturated rings. The van der Waals surface area contributed by atoms with Crippen molar-refractivity contribution < 1.29 is 9.53 Å². The topological polar surface area (TPSA) is 50.4 Å². The quantitative estimate of drug-likeness (QED) is 0.242. The van der Waals surface area contributed by atoms with Crippen LogP contribution in [0.3, 0.4) is 0 Å². The SMILES string of the molecule is O=C1C[C@H](c2ccccc2OCc2ccccc2)CC2=C1[C@H](/C(Br)=C/c1ccccc1)Nc1ccccc1N2. The highest BCUT2D eigenvalue weighted by atomic mass is 79.9. The summed E-state index contributed by atoms with van der Waals surface area (Å²) in [6, 6.07) is 36.2. The van der Waals surface area contributed by atoms with Crippen molar-refractivity contribution in [3.8, 4) is 5.75 Å². The van der Waals surface area contributed by atoms with E-state index in [2.05, 4.69) is 69.0 Å². The fourth-order valence-electron chi connectivity index (χ4n) is 5.40. The van der Waals surface area contributed by atoms with E-state index in [0.29, 0.717) is 19.4 Å². The third-order valence-corrected chi connectivity index (χ3v) is 7.97. The summed E-state index contributed by atoms with van der Waals surface area (Å²) in [4.78, 5) is 13.9.